The van der Waals surface area contributed by atoms with Crippen LogP contribution >= 0.6 is 11.6 Å². The first-order valence-electron chi connectivity index (χ1n) is 7.17. The maximum Gasteiger partial charge on any atom is 0.0970 e. The quantitative estimate of drug-likeness (QED) is 0.890. The van der Waals surface area contributed by atoms with Gasteiger partial charge in [-0.1, -0.05) is 30.2 Å². The lowest BCUT2D eigenvalue weighted by Crippen LogP contribution is -2.47. The summed E-state index contributed by atoms with van der Waals surface area (Å²) in [5.41, 5.74) is 2.58. The van der Waals surface area contributed by atoms with Gasteiger partial charge in [0, 0.05) is 17.0 Å². The minimum atomic E-state index is -1.01. The number of aryl methyl sites for hydroxylation is 1. The first-order valence-corrected chi connectivity index (χ1v) is 8.69. The Bertz CT molecular complexity index is 518. The molecule has 1 saturated carbocycles. The van der Waals surface area contributed by atoms with Crippen LogP contribution in [0.3, 0.4) is 0 Å². The fraction of sp³-hybridized carbons (Fsp3) is 0.625. The van der Waals surface area contributed by atoms with E-state index in [4.69, 9.17) is 11.6 Å². The van der Waals surface area contributed by atoms with Gasteiger partial charge in [0.05, 0.1) is 15.7 Å². The minimum Gasteiger partial charge on any atom is -0.242 e. The molecule has 0 aliphatic heterocycles. The lowest BCUT2D eigenvalue weighted by atomic mass is 9.64. The zero-order chi connectivity index (χ0) is 15.0. The third kappa shape index (κ3) is 3.26. The number of rotatable bonds is 4. The Morgan fingerprint density at radius 3 is 2.45 bits per heavy atom. The summed E-state index contributed by atoms with van der Waals surface area (Å²) in [5.74, 6) is 0. The Kier molecular flexibility index (Phi) is 4.63. The largest absolute Gasteiger partial charge is 0.242 e. The molecule has 0 bridgehead atoms. The van der Waals surface area contributed by atoms with Crippen LogP contribution in [0.4, 0.5) is 0 Å². The molecule has 1 unspecified atom stereocenters. The highest BCUT2D eigenvalue weighted by Crippen LogP contribution is 2.44. The second kappa shape index (κ2) is 5.78. The lowest BCUT2D eigenvalue weighted by molar-refractivity contribution is 0.246. The summed E-state index contributed by atoms with van der Waals surface area (Å²) in [6.45, 7) is 8.80. The van der Waals surface area contributed by atoms with Gasteiger partial charge in [0.25, 0.3) is 0 Å². The molecule has 1 fully saturated rings. The van der Waals surface area contributed by atoms with E-state index >= 15 is 0 Å². The summed E-state index contributed by atoms with van der Waals surface area (Å²) in [5, 5.41) is 0.814. The maximum absolute atomic E-state index is 12.2. The average Bonchev–Trinajstić information content (AvgIpc) is 2.30. The summed E-state index contributed by atoms with van der Waals surface area (Å²) in [7, 11) is -1.01. The van der Waals surface area contributed by atoms with Gasteiger partial charge in [0.2, 0.25) is 0 Å². The zero-order valence-electron chi connectivity index (χ0n) is 12.8. The molecule has 2 rings (SSSR count). The van der Waals surface area contributed by atoms with Crippen LogP contribution in [0, 0.1) is 6.92 Å². The molecule has 0 spiro atoms. The van der Waals surface area contributed by atoms with Crippen LogP contribution in [-0.4, -0.2) is 15.5 Å². The second-order valence-electron chi connectivity index (χ2n) is 6.80. The number of hydrogen-bond donors (Lipinski definition) is 1. The van der Waals surface area contributed by atoms with E-state index in [1.165, 1.54) is 12.0 Å². The molecule has 20 heavy (non-hydrogen) atoms. The minimum absolute atomic E-state index is 0.135. The molecule has 1 aliphatic rings. The molecule has 1 atom stereocenters. The first kappa shape index (κ1) is 16.0. The Balaban J connectivity index is 2.14. The van der Waals surface area contributed by atoms with Gasteiger partial charge in [-0.25, -0.2) is 8.93 Å². The molecule has 0 radical (unpaired) electrons. The molecule has 0 saturated heterocycles. The van der Waals surface area contributed by atoms with E-state index in [1.807, 2.05) is 33.8 Å². The Morgan fingerprint density at radius 2 is 2.00 bits per heavy atom. The van der Waals surface area contributed by atoms with Gasteiger partial charge in [-0.15, -0.1) is 0 Å². The predicted octanol–water partition coefficient (Wildman–Crippen LogP) is 4.12. The zero-order valence-corrected chi connectivity index (χ0v) is 14.3. The van der Waals surface area contributed by atoms with Crippen molar-refractivity contribution in [2.75, 3.05) is 6.54 Å². The molecule has 1 aromatic rings. The molecule has 2 nitrogen and oxygen atoms in total. The van der Waals surface area contributed by atoms with Gasteiger partial charge in [-0.2, -0.15) is 0 Å². The first-order chi connectivity index (χ1) is 9.24. The Labute approximate surface area is 129 Å². The maximum atomic E-state index is 12.2. The highest BCUT2D eigenvalue weighted by atomic mass is 35.5. The molecule has 1 N–H and O–H groups in total. The van der Waals surface area contributed by atoms with Crippen molar-refractivity contribution in [2.45, 2.75) is 57.1 Å². The molecule has 0 amide bonds. The van der Waals surface area contributed by atoms with Crippen molar-refractivity contribution in [3.8, 4) is 0 Å². The number of nitrogens with one attached hydrogen (secondary N) is 1. The van der Waals surface area contributed by atoms with Crippen LogP contribution in [-0.2, 0) is 16.4 Å². The fourth-order valence-electron chi connectivity index (χ4n) is 2.57. The number of halogens is 1. The summed E-state index contributed by atoms with van der Waals surface area (Å²) in [6.07, 6.45) is 3.55. The molecular weight excluding hydrogens is 290 g/mol. The monoisotopic (exact) mass is 313 g/mol. The van der Waals surface area contributed by atoms with E-state index in [0.29, 0.717) is 0 Å². The van der Waals surface area contributed by atoms with Crippen molar-refractivity contribution in [3.63, 3.8) is 0 Å². The van der Waals surface area contributed by atoms with Crippen LogP contribution in [0.25, 0.3) is 0 Å². The smallest absolute Gasteiger partial charge is 0.0970 e. The summed E-state index contributed by atoms with van der Waals surface area (Å²) >= 11 is 6.12. The highest BCUT2D eigenvalue weighted by molar-refractivity contribution is 7.84. The van der Waals surface area contributed by atoms with E-state index < -0.39 is 11.0 Å². The van der Waals surface area contributed by atoms with Crippen molar-refractivity contribution in [3.05, 3.63) is 34.3 Å². The van der Waals surface area contributed by atoms with Crippen molar-refractivity contribution >= 4 is 22.6 Å². The van der Waals surface area contributed by atoms with Crippen LogP contribution in [0.5, 0.6) is 0 Å². The molecule has 0 heterocycles. The predicted molar refractivity (Wildman–Crippen MR) is 87.6 cm³/mol. The van der Waals surface area contributed by atoms with Crippen LogP contribution in [0.2, 0.25) is 5.02 Å². The van der Waals surface area contributed by atoms with Gasteiger partial charge < -0.3 is 0 Å². The van der Waals surface area contributed by atoms with Crippen LogP contribution in [0.1, 0.15) is 51.2 Å². The van der Waals surface area contributed by atoms with Gasteiger partial charge in [0.15, 0.2) is 0 Å². The molecule has 4 heteroatoms. The van der Waals surface area contributed by atoms with Gasteiger partial charge >= 0.3 is 0 Å². The van der Waals surface area contributed by atoms with Gasteiger partial charge in [-0.05, 0) is 57.7 Å². The summed E-state index contributed by atoms with van der Waals surface area (Å²) < 4.78 is 15.2. The number of hydrogen-bond acceptors (Lipinski definition) is 1. The normalized spacial score (nSPS) is 19.4. The highest BCUT2D eigenvalue weighted by Gasteiger charge is 2.39. The Hall–Kier alpha value is -0.380. The third-order valence-electron chi connectivity index (χ3n) is 4.18. The second-order valence-corrected chi connectivity index (χ2v) is 9.26. The van der Waals surface area contributed by atoms with E-state index in [0.717, 1.165) is 30.0 Å². The molecule has 1 aromatic carbocycles. The van der Waals surface area contributed by atoms with Crippen LogP contribution in [0.15, 0.2) is 18.2 Å². The van der Waals surface area contributed by atoms with Gasteiger partial charge in [0.1, 0.15) is 0 Å². The van der Waals surface area contributed by atoms with E-state index in [9.17, 15) is 4.21 Å². The summed E-state index contributed by atoms with van der Waals surface area (Å²) in [6, 6.07) is 6.28. The van der Waals surface area contributed by atoms with Crippen molar-refractivity contribution in [2.24, 2.45) is 0 Å². The average molecular weight is 314 g/mol. The van der Waals surface area contributed by atoms with Crippen molar-refractivity contribution in [1.29, 1.82) is 0 Å². The summed E-state index contributed by atoms with van der Waals surface area (Å²) in [4.78, 5) is 0. The topological polar surface area (TPSA) is 29.1 Å². The van der Waals surface area contributed by atoms with Crippen molar-refractivity contribution in [1.82, 2.24) is 4.72 Å². The van der Waals surface area contributed by atoms with E-state index in [2.05, 4.69) is 16.9 Å². The standard InChI is InChI=1S/C16H24ClNOS/c1-12-10-13(6-7-14(12)17)16(8-5-9-16)11-18-20(19)15(2,3)4/h6-7,10,18H,5,8-9,11H2,1-4H3. The Morgan fingerprint density at radius 1 is 1.35 bits per heavy atom. The number of benzene rings is 1. The van der Waals surface area contributed by atoms with Gasteiger partial charge in [-0.3, -0.25) is 0 Å². The lowest BCUT2D eigenvalue weighted by Gasteiger charge is -2.43. The van der Waals surface area contributed by atoms with E-state index in [-0.39, 0.29) is 10.2 Å². The molecule has 0 aromatic heterocycles. The SMILES string of the molecule is Cc1cc(C2(CNS(=O)C(C)(C)C)CCC2)ccc1Cl. The van der Waals surface area contributed by atoms with E-state index in [1.54, 1.807) is 0 Å². The molecule has 112 valence electrons. The van der Waals surface area contributed by atoms with Crippen molar-refractivity contribution < 1.29 is 4.21 Å². The fourth-order valence-corrected chi connectivity index (χ4v) is 3.52. The molecular formula is C16H24ClNOS. The third-order valence-corrected chi connectivity index (χ3v) is 6.12. The van der Waals surface area contributed by atoms with Crippen LogP contribution < -0.4 is 4.72 Å². The molecule has 1 aliphatic carbocycles.